The molecular weight excluding hydrogens is 328 g/mol. The van der Waals surface area contributed by atoms with E-state index < -0.39 is 0 Å². The van der Waals surface area contributed by atoms with Crippen molar-refractivity contribution in [3.63, 3.8) is 0 Å². The van der Waals surface area contributed by atoms with Crippen molar-refractivity contribution in [3.05, 3.63) is 59.8 Å². The molecule has 0 N–H and O–H groups in total. The molecule has 0 saturated carbocycles. The highest BCUT2D eigenvalue weighted by Crippen LogP contribution is 2.50. The third kappa shape index (κ3) is 7.98. The SMILES string of the molecule is CC.C\C=C/C=C(\C=C/C)C(C)(C)SSC(C)(C)C1=CCCC=C1. The number of rotatable bonds is 7. The molecule has 0 fully saturated rings. The lowest BCUT2D eigenvalue weighted by Gasteiger charge is -2.32. The van der Waals surface area contributed by atoms with Gasteiger partial charge in [-0.1, -0.05) is 84.0 Å². The number of hydrogen-bond acceptors (Lipinski definition) is 2. The van der Waals surface area contributed by atoms with Crippen LogP contribution >= 0.6 is 21.6 Å². The van der Waals surface area contributed by atoms with Crippen LogP contribution in [0.3, 0.4) is 0 Å². The maximum atomic E-state index is 2.39. The molecule has 1 aliphatic rings. The highest BCUT2D eigenvalue weighted by atomic mass is 33.1. The lowest BCUT2D eigenvalue weighted by atomic mass is 9.96. The first-order valence-corrected chi connectivity index (χ1v) is 11.2. The van der Waals surface area contributed by atoms with Crippen LogP contribution < -0.4 is 0 Å². The summed E-state index contributed by atoms with van der Waals surface area (Å²) in [5, 5.41) is 0. The molecule has 0 aromatic rings. The summed E-state index contributed by atoms with van der Waals surface area (Å²) in [6, 6.07) is 0. The molecule has 2 heteroatoms. The van der Waals surface area contributed by atoms with E-state index in [0.717, 1.165) is 0 Å². The zero-order valence-electron chi connectivity index (χ0n) is 16.8. The van der Waals surface area contributed by atoms with Crippen molar-refractivity contribution < 1.29 is 0 Å². The fourth-order valence-electron chi connectivity index (χ4n) is 2.20. The van der Waals surface area contributed by atoms with Crippen LogP contribution in [0.25, 0.3) is 0 Å². The van der Waals surface area contributed by atoms with Crippen LogP contribution in [0.1, 0.15) is 68.2 Å². The van der Waals surface area contributed by atoms with Gasteiger partial charge in [0.05, 0.1) is 0 Å². The van der Waals surface area contributed by atoms with Crippen molar-refractivity contribution in [1.82, 2.24) is 0 Å². The van der Waals surface area contributed by atoms with Gasteiger partial charge in [0.15, 0.2) is 0 Å². The van der Waals surface area contributed by atoms with Crippen LogP contribution in [-0.4, -0.2) is 9.49 Å². The molecule has 0 heterocycles. The van der Waals surface area contributed by atoms with Gasteiger partial charge in [-0.05, 0) is 65.5 Å². The lowest BCUT2D eigenvalue weighted by Crippen LogP contribution is -2.21. The predicted molar refractivity (Wildman–Crippen MR) is 119 cm³/mol. The normalized spacial score (nSPS) is 16.3. The number of hydrogen-bond donors (Lipinski definition) is 0. The molecule has 0 spiro atoms. The Hall–Kier alpha value is -0.600. The molecule has 0 saturated heterocycles. The molecular formula is C22H36S2. The summed E-state index contributed by atoms with van der Waals surface area (Å²) in [5.74, 6) is 0. The second-order valence-corrected chi connectivity index (χ2v) is 9.85. The average molecular weight is 365 g/mol. The second kappa shape index (κ2) is 11.9. The Bertz CT molecular complexity index is 500. The minimum Gasteiger partial charge on any atom is -0.0877 e. The third-order valence-corrected chi connectivity index (χ3v) is 7.80. The third-order valence-electron chi connectivity index (χ3n) is 3.66. The van der Waals surface area contributed by atoms with Crippen LogP contribution in [0, 0.1) is 0 Å². The quantitative estimate of drug-likeness (QED) is 0.329. The van der Waals surface area contributed by atoms with Crippen molar-refractivity contribution in [2.45, 2.75) is 77.7 Å². The monoisotopic (exact) mass is 364 g/mol. The molecule has 0 aromatic carbocycles. The summed E-state index contributed by atoms with van der Waals surface area (Å²) in [5.41, 5.74) is 2.81. The van der Waals surface area contributed by atoms with Crippen LogP contribution in [0.2, 0.25) is 0 Å². The fourth-order valence-corrected chi connectivity index (χ4v) is 4.92. The molecule has 0 unspecified atom stereocenters. The van der Waals surface area contributed by atoms with E-state index in [1.165, 1.54) is 24.0 Å². The molecule has 0 radical (unpaired) electrons. The van der Waals surface area contributed by atoms with Gasteiger partial charge in [0.25, 0.3) is 0 Å². The maximum Gasteiger partial charge on any atom is 0.0455 e. The van der Waals surface area contributed by atoms with E-state index >= 15 is 0 Å². The Labute approximate surface area is 159 Å². The van der Waals surface area contributed by atoms with Gasteiger partial charge < -0.3 is 0 Å². The van der Waals surface area contributed by atoms with Gasteiger partial charge in [-0.3, -0.25) is 0 Å². The van der Waals surface area contributed by atoms with Gasteiger partial charge in [-0.15, -0.1) is 0 Å². The summed E-state index contributed by atoms with van der Waals surface area (Å²) in [6.07, 6.45) is 20.1. The second-order valence-electron chi connectivity index (χ2n) is 6.47. The largest absolute Gasteiger partial charge is 0.0877 e. The molecule has 24 heavy (non-hydrogen) atoms. The molecule has 0 amide bonds. The van der Waals surface area contributed by atoms with Gasteiger partial charge in [0, 0.05) is 9.49 Å². The van der Waals surface area contributed by atoms with E-state index in [1.54, 1.807) is 0 Å². The van der Waals surface area contributed by atoms with Crippen LogP contribution in [-0.2, 0) is 0 Å². The Kier molecular flexibility index (Phi) is 11.6. The van der Waals surface area contributed by atoms with E-state index in [4.69, 9.17) is 0 Å². The highest BCUT2D eigenvalue weighted by molar-refractivity contribution is 8.77. The summed E-state index contributed by atoms with van der Waals surface area (Å²) in [6.45, 7) is 17.4. The highest BCUT2D eigenvalue weighted by Gasteiger charge is 2.29. The van der Waals surface area contributed by atoms with Gasteiger partial charge >= 0.3 is 0 Å². The van der Waals surface area contributed by atoms with E-state index in [1.807, 2.05) is 35.4 Å². The lowest BCUT2D eigenvalue weighted by molar-refractivity contribution is 0.834. The van der Waals surface area contributed by atoms with Crippen molar-refractivity contribution in [3.8, 4) is 0 Å². The van der Waals surface area contributed by atoms with Crippen molar-refractivity contribution in [2.75, 3.05) is 0 Å². The molecule has 0 aliphatic heterocycles. The van der Waals surface area contributed by atoms with E-state index in [2.05, 4.69) is 90.2 Å². The Morgan fingerprint density at radius 1 is 1.00 bits per heavy atom. The van der Waals surface area contributed by atoms with Crippen LogP contribution in [0.5, 0.6) is 0 Å². The topological polar surface area (TPSA) is 0 Å². The molecule has 0 bridgehead atoms. The van der Waals surface area contributed by atoms with E-state index in [9.17, 15) is 0 Å². The van der Waals surface area contributed by atoms with Crippen molar-refractivity contribution in [1.29, 1.82) is 0 Å². The van der Waals surface area contributed by atoms with Crippen molar-refractivity contribution in [2.24, 2.45) is 0 Å². The van der Waals surface area contributed by atoms with Gasteiger partial charge in [0.2, 0.25) is 0 Å². The summed E-state index contributed by atoms with van der Waals surface area (Å²) in [4.78, 5) is 0. The standard InChI is InChI=1S/C20H30S2.C2H6/c1-7-9-14-17(13-8-2)19(3,4)21-22-20(5,6)18-15-11-10-12-16-18;1-2/h7-9,11,13-16H,10,12H2,1-6H3;1-2H3/b9-7-,13-8-,17-14+;. The fraction of sp³-hybridized carbons (Fsp3) is 0.545. The molecule has 1 rings (SSSR count). The minimum absolute atomic E-state index is 0.0763. The summed E-state index contributed by atoms with van der Waals surface area (Å²) >= 11 is 0. The molecule has 0 nitrogen and oxygen atoms in total. The van der Waals surface area contributed by atoms with E-state index in [0.29, 0.717) is 0 Å². The zero-order valence-corrected chi connectivity index (χ0v) is 18.5. The molecule has 1 aliphatic carbocycles. The van der Waals surface area contributed by atoms with Gasteiger partial charge in [-0.25, -0.2) is 0 Å². The minimum atomic E-state index is 0.0763. The average Bonchev–Trinajstić information content (AvgIpc) is 2.59. The van der Waals surface area contributed by atoms with E-state index in [-0.39, 0.29) is 9.49 Å². The van der Waals surface area contributed by atoms with Crippen LogP contribution in [0.4, 0.5) is 0 Å². The molecule has 0 aromatic heterocycles. The predicted octanol–water partition coefficient (Wildman–Crippen LogP) is 8.31. The molecule has 136 valence electrons. The Morgan fingerprint density at radius 3 is 2.17 bits per heavy atom. The Morgan fingerprint density at radius 2 is 1.67 bits per heavy atom. The van der Waals surface area contributed by atoms with Crippen LogP contribution in [0.15, 0.2) is 59.8 Å². The Balaban J connectivity index is 0.00000254. The summed E-state index contributed by atoms with van der Waals surface area (Å²) in [7, 11) is 3.94. The molecule has 0 atom stereocenters. The zero-order chi connectivity index (χ0) is 18.6. The number of allylic oxidation sites excluding steroid dienone is 8. The first-order valence-electron chi connectivity index (χ1n) is 9.03. The van der Waals surface area contributed by atoms with Gasteiger partial charge in [0.1, 0.15) is 0 Å². The van der Waals surface area contributed by atoms with Gasteiger partial charge in [-0.2, -0.15) is 0 Å². The first kappa shape index (κ1) is 23.4. The first-order chi connectivity index (χ1) is 11.3. The van der Waals surface area contributed by atoms with Crippen molar-refractivity contribution >= 4 is 21.6 Å². The maximum absolute atomic E-state index is 2.39. The smallest absolute Gasteiger partial charge is 0.0455 e. The summed E-state index contributed by atoms with van der Waals surface area (Å²) < 4.78 is 0.216.